The Morgan fingerprint density at radius 2 is 1.05 bits per heavy atom. The number of ether oxygens (including phenoxy) is 2. The second-order valence-electron chi connectivity index (χ2n) is 11.2. The molecule has 0 aliphatic heterocycles. The van der Waals surface area contributed by atoms with Crippen LogP contribution in [0.5, 0.6) is 0 Å². The molecule has 0 amide bonds. The predicted molar refractivity (Wildman–Crippen MR) is 171 cm³/mol. The smallest absolute Gasteiger partial charge is 0.305 e. The minimum Gasteiger partial charge on any atom is -0.463 e. The monoisotopic (exact) mass is 594 g/mol. The highest BCUT2D eigenvalue weighted by Crippen LogP contribution is 2.12. The van der Waals surface area contributed by atoms with Crippen LogP contribution in [0, 0.1) is 0 Å². The van der Waals surface area contributed by atoms with Gasteiger partial charge in [0.15, 0.2) is 0 Å². The SMILES string of the molecule is CCCCC/C=C\C/C=C\C/C=C\CC(O)C(O)CCCC(=O)OC[C@H](O)COC(=O)CCCCCCCCCCC. The largest absolute Gasteiger partial charge is 0.463 e. The van der Waals surface area contributed by atoms with Crippen LogP contribution < -0.4 is 0 Å². The third-order valence-electron chi connectivity index (χ3n) is 7.08. The summed E-state index contributed by atoms with van der Waals surface area (Å²) in [4.78, 5) is 23.8. The maximum Gasteiger partial charge on any atom is 0.305 e. The lowest BCUT2D eigenvalue weighted by Crippen LogP contribution is -2.26. The van der Waals surface area contributed by atoms with Gasteiger partial charge in [-0.1, -0.05) is 115 Å². The summed E-state index contributed by atoms with van der Waals surface area (Å²) in [5.74, 6) is -0.845. The van der Waals surface area contributed by atoms with Gasteiger partial charge in [-0.05, 0) is 51.4 Å². The third-order valence-corrected chi connectivity index (χ3v) is 7.08. The molecular formula is C35H62O7. The number of hydrogen-bond acceptors (Lipinski definition) is 7. The second-order valence-corrected chi connectivity index (χ2v) is 11.2. The van der Waals surface area contributed by atoms with Crippen LogP contribution in [0.1, 0.15) is 142 Å². The van der Waals surface area contributed by atoms with Gasteiger partial charge in [-0.25, -0.2) is 0 Å². The average Bonchev–Trinajstić information content (AvgIpc) is 2.98. The molecule has 42 heavy (non-hydrogen) atoms. The Labute approximate surface area is 256 Å². The van der Waals surface area contributed by atoms with Crippen molar-refractivity contribution in [2.75, 3.05) is 13.2 Å². The number of carbonyl (C=O) groups is 2. The topological polar surface area (TPSA) is 113 Å². The van der Waals surface area contributed by atoms with Crippen molar-refractivity contribution in [2.45, 2.75) is 161 Å². The van der Waals surface area contributed by atoms with Crippen LogP contribution in [0.3, 0.4) is 0 Å². The van der Waals surface area contributed by atoms with Gasteiger partial charge in [0.2, 0.25) is 0 Å². The van der Waals surface area contributed by atoms with Crippen LogP contribution in [0.2, 0.25) is 0 Å². The van der Waals surface area contributed by atoms with Gasteiger partial charge in [0.25, 0.3) is 0 Å². The third kappa shape index (κ3) is 28.2. The quantitative estimate of drug-likeness (QED) is 0.0463. The van der Waals surface area contributed by atoms with Crippen molar-refractivity contribution >= 4 is 11.9 Å². The summed E-state index contributed by atoms with van der Waals surface area (Å²) >= 11 is 0. The molecule has 0 heterocycles. The van der Waals surface area contributed by atoms with Crippen LogP contribution in [-0.4, -0.2) is 58.8 Å². The molecule has 0 fully saturated rings. The highest BCUT2D eigenvalue weighted by Gasteiger charge is 2.16. The van der Waals surface area contributed by atoms with Crippen molar-refractivity contribution in [3.05, 3.63) is 36.5 Å². The van der Waals surface area contributed by atoms with Gasteiger partial charge in [-0.2, -0.15) is 0 Å². The van der Waals surface area contributed by atoms with E-state index in [1.165, 1.54) is 57.8 Å². The molecule has 0 aliphatic carbocycles. The number of esters is 2. The molecule has 0 spiro atoms. The summed E-state index contributed by atoms with van der Waals surface area (Å²) in [6, 6.07) is 0. The van der Waals surface area contributed by atoms with Gasteiger partial charge in [0.1, 0.15) is 19.3 Å². The Balaban J connectivity index is 3.76. The van der Waals surface area contributed by atoms with Crippen molar-refractivity contribution in [3.8, 4) is 0 Å². The van der Waals surface area contributed by atoms with E-state index in [2.05, 4.69) is 38.2 Å². The van der Waals surface area contributed by atoms with E-state index in [-0.39, 0.29) is 32.0 Å². The first kappa shape index (κ1) is 40.0. The van der Waals surface area contributed by atoms with E-state index in [0.717, 1.165) is 38.5 Å². The predicted octanol–water partition coefficient (Wildman–Crippen LogP) is 7.67. The second kappa shape index (κ2) is 30.5. The van der Waals surface area contributed by atoms with E-state index in [1.54, 1.807) is 0 Å². The number of aliphatic hydroxyl groups is 3. The van der Waals surface area contributed by atoms with Gasteiger partial charge >= 0.3 is 11.9 Å². The van der Waals surface area contributed by atoms with Crippen molar-refractivity contribution in [2.24, 2.45) is 0 Å². The lowest BCUT2D eigenvalue weighted by molar-refractivity contribution is -0.152. The molecule has 3 N–H and O–H groups in total. The highest BCUT2D eigenvalue weighted by atomic mass is 16.6. The first-order valence-electron chi connectivity index (χ1n) is 16.7. The van der Waals surface area contributed by atoms with Crippen molar-refractivity contribution < 1.29 is 34.4 Å². The lowest BCUT2D eigenvalue weighted by atomic mass is 10.0. The van der Waals surface area contributed by atoms with Crippen LogP contribution in [0.15, 0.2) is 36.5 Å². The molecule has 0 aromatic rings. The standard InChI is InChI=1S/C35H62O7/c1-3-5-7-9-11-13-14-15-17-18-20-22-25-32(37)33(38)26-24-28-35(40)42-30-31(36)29-41-34(39)27-23-21-19-16-12-10-8-6-4-2/h11,13,15,17,20,22,31-33,36-38H,3-10,12,14,16,18-19,21,23-30H2,1-2H3/b13-11-,17-15-,22-20-/t31-,32?,33?/m1/s1. The molecule has 0 aromatic carbocycles. The van der Waals surface area contributed by atoms with Crippen LogP contribution in [0.25, 0.3) is 0 Å². The molecule has 0 radical (unpaired) electrons. The first-order chi connectivity index (χ1) is 20.4. The first-order valence-corrected chi connectivity index (χ1v) is 16.7. The lowest BCUT2D eigenvalue weighted by Gasteiger charge is -2.16. The Morgan fingerprint density at radius 1 is 0.571 bits per heavy atom. The normalized spacial score (nSPS) is 14.1. The Hall–Kier alpha value is -1.96. The number of hydrogen-bond donors (Lipinski definition) is 3. The molecule has 2 unspecified atom stereocenters. The van der Waals surface area contributed by atoms with Gasteiger partial charge in [0.05, 0.1) is 12.2 Å². The number of carbonyl (C=O) groups excluding carboxylic acids is 2. The molecule has 0 rings (SSSR count). The molecule has 7 nitrogen and oxygen atoms in total. The summed E-state index contributed by atoms with van der Waals surface area (Å²) < 4.78 is 10.1. The maximum absolute atomic E-state index is 11.9. The summed E-state index contributed by atoms with van der Waals surface area (Å²) in [6.07, 6.45) is 28.1. The molecule has 3 atom stereocenters. The fraction of sp³-hybridized carbons (Fsp3) is 0.771. The fourth-order valence-corrected chi connectivity index (χ4v) is 4.36. The Kier molecular flexibility index (Phi) is 29.1. The Bertz CT molecular complexity index is 716. The van der Waals surface area contributed by atoms with E-state index < -0.39 is 24.3 Å². The highest BCUT2D eigenvalue weighted by molar-refractivity contribution is 5.69. The summed E-state index contributed by atoms with van der Waals surface area (Å²) in [6.45, 7) is 3.97. The van der Waals surface area contributed by atoms with Crippen LogP contribution in [-0.2, 0) is 19.1 Å². The molecule has 0 aliphatic rings. The van der Waals surface area contributed by atoms with Crippen LogP contribution in [0.4, 0.5) is 0 Å². The summed E-state index contributed by atoms with van der Waals surface area (Å²) in [5.41, 5.74) is 0. The number of aliphatic hydroxyl groups excluding tert-OH is 3. The van der Waals surface area contributed by atoms with Crippen LogP contribution >= 0.6 is 0 Å². The average molecular weight is 595 g/mol. The van der Waals surface area contributed by atoms with E-state index >= 15 is 0 Å². The zero-order valence-electron chi connectivity index (χ0n) is 26.7. The van der Waals surface area contributed by atoms with Crippen molar-refractivity contribution in [1.82, 2.24) is 0 Å². The molecule has 7 heteroatoms. The number of rotatable bonds is 29. The van der Waals surface area contributed by atoms with Gasteiger partial charge in [-0.3, -0.25) is 9.59 Å². The van der Waals surface area contributed by atoms with E-state index in [0.29, 0.717) is 19.3 Å². The molecule has 0 bridgehead atoms. The zero-order chi connectivity index (χ0) is 31.1. The van der Waals surface area contributed by atoms with Crippen molar-refractivity contribution in [3.63, 3.8) is 0 Å². The van der Waals surface area contributed by atoms with Gasteiger partial charge in [0, 0.05) is 12.8 Å². The molecule has 244 valence electrons. The number of unbranched alkanes of at least 4 members (excludes halogenated alkanes) is 11. The van der Waals surface area contributed by atoms with Gasteiger partial charge < -0.3 is 24.8 Å². The maximum atomic E-state index is 11.9. The minimum atomic E-state index is -1.07. The van der Waals surface area contributed by atoms with E-state index in [1.807, 2.05) is 12.2 Å². The minimum absolute atomic E-state index is 0.0720. The molecule has 0 saturated carbocycles. The van der Waals surface area contributed by atoms with E-state index in [4.69, 9.17) is 9.47 Å². The van der Waals surface area contributed by atoms with E-state index in [9.17, 15) is 24.9 Å². The Morgan fingerprint density at radius 3 is 1.64 bits per heavy atom. The zero-order valence-corrected chi connectivity index (χ0v) is 26.7. The molecule has 0 aromatic heterocycles. The van der Waals surface area contributed by atoms with Gasteiger partial charge in [-0.15, -0.1) is 0 Å². The molecule has 0 saturated heterocycles. The summed E-state index contributed by atoms with van der Waals surface area (Å²) in [5, 5.41) is 30.2. The fourth-order valence-electron chi connectivity index (χ4n) is 4.36. The van der Waals surface area contributed by atoms with Crippen molar-refractivity contribution in [1.29, 1.82) is 0 Å². The number of allylic oxidation sites excluding steroid dienone is 5. The molecular weight excluding hydrogens is 532 g/mol. The summed E-state index contributed by atoms with van der Waals surface area (Å²) in [7, 11) is 0.